The number of anilines is 1. The number of ether oxygens (including phenoxy) is 1. The third kappa shape index (κ3) is 2.36. The van der Waals surface area contributed by atoms with E-state index in [4.69, 9.17) is 10.00 Å². The highest BCUT2D eigenvalue weighted by Gasteiger charge is 2.22. The Morgan fingerprint density at radius 3 is 3.05 bits per heavy atom. The second-order valence-corrected chi connectivity index (χ2v) is 4.44. The zero-order valence-electron chi connectivity index (χ0n) is 10.3. The van der Waals surface area contributed by atoms with Gasteiger partial charge in [-0.1, -0.05) is 18.2 Å². The Hall–Kier alpha value is -2.54. The second-order valence-electron chi connectivity index (χ2n) is 4.44. The Balaban J connectivity index is 1.65. The molecule has 4 heteroatoms. The summed E-state index contributed by atoms with van der Waals surface area (Å²) in [6.45, 7) is 0.639. The van der Waals surface area contributed by atoms with Crippen molar-refractivity contribution >= 4 is 5.82 Å². The van der Waals surface area contributed by atoms with Crippen molar-refractivity contribution in [3.63, 3.8) is 0 Å². The molecule has 0 saturated carbocycles. The second kappa shape index (κ2) is 4.99. The maximum atomic E-state index is 8.99. The number of fused-ring (bicyclic) bond motifs is 1. The molecule has 1 atom stereocenters. The van der Waals surface area contributed by atoms with E-state index in [0.29, 0.717) is 17.9 Å². The monoisotopic (exact) mass is 251 g/mol. The number of aromatic nitrogens is 1. The van der Waals surface area contributed by atoms with Crippen molar-refractivity contribution in [2.75, 3.05) is 11.9 Å². The van der Waals surface area contributed by atoms with Gasteiger partial charge in [-0.05, 0) is 23.8 Å². The molecule has 0 amide bonds. The molecule has 0 aliphatic carbocycles. The normalized spacial score (nSPS) is 16.3. The smallest absolute Gasteiger partial charge is 0.144 e. The van der Waals surface area contributed by atoms with Gasteiger partial charge in [0.2, 0.25) is 0 Å². The van der Waals surface area contributed by atoms with E-state index in [0.717, 1.165) is 12.2 Å². The van der Waals surface area contributed by atoms with Gasteiger partial charge in [-0.15, -0.1) is 0 Å². The molecule has 2 aromatic rings. The molecule has 1 aliphatic heterocycles. The Morgan fingerprint density at radius 2 is 2.21 bits per heavy atom. The van der Waals surface area contributed by atoms with Crippen LogP contribution in [0.2, 0.25) is 0 Å². The average molecular weight is 251 g/mol. The molecule has 0 fully saturated rings. The summed E-state index contributed by atoms with van der Waals surface area (Å²) in [5.41, 5.74) is 1.79. The summed E-state index contributed by atoms with van der Waals surface area (Å²) < 4.78 is 5.83. The van der Waals surface area contributed by atoms with Crippen LogP contribution < -0.4 is 10.1 Å². The summed E-state index contributed by atoms with van der Waals surface area (Å²) in [5, 5.41) is 12.2. The van der Waals surface area contributed by atoms with Crippen LogP contribution in [0.3, 0.4) is 0 Å². The molecular weight excluding hydrogens is 238 g/mol. The summed E-state index contributed by atoms with van der Waals surface area (Å²) in [4.78, 5) is 4.17. The number of nitrogens with zero attached hydrogens (tertiary/aromatic N) is 2. The maximum Gasteiger partial charge on any atom is 0.144 e. The van der Waals surface area contributed by atoms with Crippen LogP contribution in [0.4, 0.5) is 5.82 Å². The van der Waals surface area contributed by atoms with E-state index >= 15 is 0 Å². The third-order valence-electron chi connectivity index (χ3n) is 3.14. The van der Waals surface area contributed by atoms with E-state index in [1.807, 2.05) is 18.2 Å². The minimum Gasteiger partial charge on any atom is -0.488 e. The number of para-hydroxylation sites is 1. The molecule has 3 rings (SSSR count). The molecular formula is C15H13N3O. The fourth-order valence-corrected chi connectivity index (χ4v) is 2.21. The average Bonchev–Trinajstić information content (AvgIpc) is 2.88. The van der Waals surface area contributed by atoms with Gasteiger partial charge in [0, 0.05) is 12.6 Å². The fourth-order valence-electron chi connectivity index (χ4n) is 2.21. The number of hydrogen-bond donors (Lipinski definition) is 1. The van der Waals surface area contributed by atoms with Gasteiger partial charge >= 0.3 is 0 Å². The molecule has 0 bridgehead atoms. The summed E-state index contributed by atoms with van der Waals surface area (Å²) in [6, 6.07) is 13.7. The molecule has 4 nitrogen and oxygen atoms in total. The quantitative estimate of drug-likeness (QED) is 0.909. The van der Waals surface area contributed by atoms with Gasteiger partial charge < -0.3 is 10.1 Å². The van der Waals surface area contributed by atoms with Crippen LogP contribution in [0.5, 0.6) is 5.75 Å². The molecule has 0 saturated heterocycles. The predicted octanol–water partition coefficient (Wildman–Crippen LogP) is 2.37. The van der Waals surface area contributed by atoms with Gasteiger partial charge in [0.25, 0.3) is 0 Å². The standard InChI is InChI=1S/C15H13N3O/c16-9-12-5-3-7-17-15(12)18-10-13-8-11-4-1-2-6-14(11)19-13/h1-7,13H,8,10H2,(H,17,18). The Bertz CT molecular complexity index is 608. The minimum absolute atomic E-state index is 0.0888. The van der Waals surface area contributed by atoms with E-state index in [1.165, 1.54) is 5.56 Å². The van der Waals surface area contributed by atoms with E-state index in [-0.39, 0.29) is 6.10 Å². The Morgan fingerprint density at radius 1 is 1.32 bits per heavy atom. The molecule has 1 aromatic carbocycles. The van der Waals surface area contributed by atoms with Gasteiger partial charge in [-0.25, -0.2) is 4.98 Å². The number of hydrogen-bond acceptors (Lipinski definition) is 4. The lowest BCUT2D eigenvalue weighted by atomic mass is 10.1. The topological polar surface area (TPSA) is 57.9 Å². The van der Waals surface area contributed by atoms with E-state index in [9.17, 15) is 0 Å². The molecule has 19 heavy (non-hydrogen) atoms. The van der Waals surface area contributed by atoms with Gasteiger partial charge in [0.15, 0.2) is 0 Å². The highest BCUT2D eigenvalue weighted by Crippen LogP contribution is 2.28. The first-order valence-corrected chi connectivity index (χ1v) is 6.20. The molecule has 94 valence electrons. The number of nitrogens with one attached hydrogen (secondary N) is 1. The van der Waals surface area contributed by atoms with Crippen molar-refractivity contribution in [2.45, 2.75) is 12.5 Å². The highest BCUT2D eigenvalue weighted by molar-refractivity contribution is 5.51. The van der Waals surface area contributed by atoms with Crippen molar-refractivity contribution in [1.82, 2.24) is 4.98 Å². The molecule has 0 radical (unpaired) electrons. The lowest BCUT2D eigenvalue weighted by Crippen LogP contribution is -2.24. The summed E-state index contributed by atoms with van der Waals surface area (Å²) in [6.07, 6.45) is 2.65. The summed E-state index contributed by atoms with van der Waals surface area (Å²) in [7, 11) is 0. The molecule has 1 unspecified atom stereocenters. The predicted molar refractivity (Wildman–Crippen MR) is 72.0 cm³/mol. The van der Waals surface area contributed by atoms with Gasteiger partial charge in [-0.3, -0.25) is 0 Å². The van der Waals surface area contributed by atoms with E-state index in [2.05, 4.69) is 22.4 Å². The number of benzene rings is 1. The molecule has 1 N–H and O–H groups in total. The van der Waals surface area contributed by atoms with Gasteiger partial charge in [0.1, 0.15) is 23.7 Å². The van der Waals surface area contributed by atoms with Crippen LogP contribution in [0.25, 0.3) is 0 Å². The van der Waals surface area contributed by atoms with Crippen LogP contribution in [0.1, 0.15) is 11.1 Å². The first-order chi connectivity index (χ1) is 9.36. The first-order valence-electron chi connectivity index (χ1n) is 6.20. The fraction of sp³-hybridized carbons (Fsp3) is 0.200. The van der Waals surface area contributed by atoms with Crippen molar-refractivity contribution in [3.05, 3.63) is 53.7 Å². The zero-order valence-corrected chi connectivity index (χ0v) is 10.3. The molecule has 1 aromatic heterocycles. The van der Waals surface area contributed by atoms with E-state index in [1.54, 1.807) is 18.3 Å². The SMILES string of the molecule is N#Cc1cccnc1NCC1Cc2ccccc2O1. The van der Waals surface area contributed by atoms with Crippen molar-refractivity contribution in [1.29, 1.82) is 5.26 Å². The summed E-state index contributed by atoms with van der Waals surface area (Å²) in [5.74, 6) is 1.57. The lowest BCUT2D eigenvalue weighted by Gasteiger charge is -2.12. The van der Waals surface area contributed by atoms with Crippen LogP contribution in [-0.2, 0) is 6.42 Å². The van der Waals surface area contributed by atoms with Gasteiger partial charge in [0.05, 0.1) is 12.1 Å². The van der Waals surface area contributed by atoms with E-state index < -0.39 is 0 Å². The first kappa shape index (κ1) is 11.5. The number of rotatable bonds is 3. The van der Waals surface area contributed by atoms with Gasteiger partial charge in [-0.2, -0.15) is 5.26 Å². The number of nitriles is 1. The largest absolute Gasteiger partial charge is 0.488 e. The molecule has 2 heterocycles. The van der Waals surface area contributed by atoms with Crippen LogP contribution >= 0.6 is 0 Å². The van der Waals surface area contributed by atoms with Crippen molar-refractivity contribution in [3.8, 4) is 11.8 Å². The van der Waals surface area contributed by atoms with Crippen molar-refractivity contribution < 1.29 is 4.74 Å². The highest BCUT2D eigenvalue weighted by atomic mass is 16.5. The molecule has 0 spiro atoms. The third-order valence-corrected chi connectivity index (χ3v) is 3.14. The van der Waals surface area contributed by atoms with Crippen molar-refractivity contribution in [2.24, 2.45) is 0 Å². The van der Waals surface area contributed by atoms with Crippen LogP contribution in [-0.4, -0.2) is 17.6 Å². The van der Waals surface area contributed by atoms with Crippen LogP contribution in [0.15, 0.2) is 42.6 Å². The van der Waals surface area contributed by atoms with Crippen LogP contribution in [0, 0.1) is 11.3 Å². The zero-order chi connectivity index (χ0) is 13.1. The Labute approximate surface area is 111 Å². The Kier molecular flexibility index (Phi) is 3.03. The molecule has 1 aliphatic rings. The maximum absolute atomic E-state index is 8.99. The summed E-state index contributed by atoms with van der Waals surface area (Å²) >= 11 is 0. The lowest BCUT2D eigenvalue weighted by molar-refractivity contribution is 0.246. The number of pyridine rings is 1. The minimum atomic E-state index is 0.0888.